The van der Waals surface area contributed by atoms with E-state index >= 15 is 0 Å². The molecular formula is C15H25N5O3. The van der Waals surface area contributed by atoms with Crippen molar-refractivity contribution in [1.29, 1.82) is 0 Å². The van der Waals surface area contributed by atoms with Crippen LogP contribution >= 0.6 is 0 Å². The van der Waals surface area contributed by atoms with Gasteiger partial charge in [-0.2, -0.15) is 0 Å². The number of hydrogen-bond donors (Lipinski definition) is 1. The van der Waals surface area contributed by atoms with Crippen LogP contribution in [0, 0.1) is 5.41 Å². The van der Waals surface area contributed by atoms with E-state index in [1.54, 1.807) is 4.68 Å². The van der Waals surface area contributed by atoms with Crippen LogP contribution in [0.15, 0.2) is 6.33 Å². The number of aromatic nitrogens is 4. The molecule has 2 fully saturated rings. The second-order valence-corrected chi connectivity index (χ2v) is 6.78. The number of aliphatic hydroxyl groups excluding tert-OH is 1. The lowest BCUT2D eigenvalue weighted by molar-refractivity contribution is -0.146. The second-order valence-electron chi connectivity index (χ2n) is 6.78. The fourth-order valence-electron chi connectivity index (χ4n) is 3.95. The van der Waals surface area contributed by atoms with E-state index < -0.39 is 5.54 Å². The quantitative estimate of drug-likeness (QED) is 0.831. The highest BCUT2D eigenvalue weighted by atomic mass is 16.5. The van der Waals surface area contributed by atoms with Crippen LogP contribution < -0.4 is 0 Å². The minimum Gasteiger partial charge on any atom is -0.396 e. The molecule has 0 aliphatic carbocycles. The Labute approximate surface area is 135 Å². The molecule has 3 rings (SSSR count). The summed E-state index contributed by atoms with van der Waals surface area (Å²) in [6.07, 6.45) is 5.47. The predicted octanol–water partition coefficient (Wildman–Crippen LogP) is 0.190. The van der Waals surface area contributed by atoms with Crippen molar-refractivity contribution in [2.75, 3.05) is 32.9 Å². The molecule has 23 heavy (non-hydrogen) atoms. The topological polar surface area (TPSA) is 93.4 Å². The molecule has 1 aromatic rings. The third-order valence-electron chi connectivity index (χ3n) is 5.35. The molecule has 1 amide bonds. The largest absolute Gasteiger partial charge is 0.396 e. The van der Waals surface area contributed by atoms with E-state index in [1.165, 1.54) is 6.33 Å². The number of carbonyl (C=O) groups excluding carboxylic acids is 1. The van der Waals surface area contributed by atoms with Crippen LogP contribution in [0.4, 0.5) is 0 Å². The minimum absolute atomic E-state index is 0.0551. The molecule has 1 aromatic heterocycles. The summed E-state index contributed by atoms with van der Waals surface area (Å²) in [5.41, 5.74) is -0.906. The lowest BCUT2D eigenvalue weighted by atomic mass is 9.83. The Bertz CT molecular complexity index is 529. The Kier molecular flexibility index (Phi) is 4.63. The minimum atomic E-state index is -0.750. The van der Waals surface area contributed by atoms with Crippen LogP contribution in [0.2, 0.25) is 0 Å². The first kappa shape index (κ1) is 16.3. The van der Waals surface area contributed by atoms with Crippen molar-refractivity contribution in [3.63, 3.8) is 0 Å². The van der Waals surface area contributed by atoms with Gasteiger partial charge in [-0.15, -0.1) is 5.10 Å². The SMILES string of the molecule is CCCC1(CO)CCN(C(=O)C2(n3cnnn3)CCOCC2)C1. The van der Waals surface area contributed by atoms with Crippen LogP contribution in [0.3, 0.4) is 0 Å². The van der Waals surface area contributed by atoms with Crippen molar-refractivity contribution in [3.8, 4) is 0 Å². The maximum absolute atomic E-state index is 13.3. The lowest BCUT2D eigenvalue weighted by Crippen LogP contribution is -2.53. The highest BCUT2D eigenvalue weighted by Gasteiger charge is 2.49. The van der Waals surface area contributed by atoms with Crippen molar-refractivity contribution < 1.29 is 14.6 Å². The zero-order chi connectivity index (χ0) is 16.3. The lowest BCUT2D eigenvalue weighted by Gasteiger charge is -2.38. The Hall–Kier alpha value is -1.54. The molecule has 8 nitrogen and oxygen atoms in total. The maximum Gasteiger partial charge on any atom is 0.250 e. The molecule has 1 atom stereocenters. The van der Waals surface area contributed by atoms with Gasteiger partial charge < -0.3 is 14.7 Å². The summed E-state index contributed by atoms with van der Waals surface area (Å²) in [7, 11) is 0. The zero-order valence-electron chi connectivity index (χ0n) is 13.6. The third-order valence-corrected chi connectivity index (χ3v) is 5.35. The van der Waals surface area contributed by atoms with Gasteiger partial charge in [0.15, 0.2) is 0 Å². The predicted molar refractivity (Wildman–Crippen MR) is 81.5 cm³/mol. The Morgan fingerprint density at radius 2 is 2.13 bits per heavy atom. The van der Waals surface area contributed by atoms with Crippen LogP contribution in [0.25, 0.3) is 0 Å². The van der Waals surface area contributed by atoms with E-state index in [4.69, 9.17) is 4.74 Å². The van der Waals surface area contributed by atoms with E-state index in [2.05, 4.69) is 22.4 Å². The monoisotopic (exact) mass is 323 g/mol. The van der Waals surface area contributed by atoms with Crippen molar-refractivity contribution in [2.45, 2.75) is 44.6 Å². The number of carbonyl (C=O) groups is 1. The average Bonchev–Trinajstić information content (AvgIpc) is 3.26. The molecule has 0 saturated carbocycles. The number of likely N-dealkylation sites (tertiary alicyclic amines) is 1. The summed E-state index contributed by atoms with van der Waals surface area (Å²) in [5.74, 6) is 0.0551. The van der Waals surface area contributed by atoms with Crippen molar-refractivity contribution >= 4 is 5.91 Å². The van der Waals surface area contributed by atoms with E-state index in [0.29, 0.717) is 39.1 Å². The van der Waals surface area contributed by atoms with Gasteiger partial charge in [0, 0.05) is 44.6 Å². The zero-order valence-corrected chi connectivity index (χ0v) is 13.6. The number of tetrazole rings is 1. The molecule has 0 bridgehead atoms. The van der Waals surface area contributed by atoms with Gasteiger partial charge in [0.05, 0.1) is 6.61 Å². The highest BCUT2D eigenvalue weighted by Crippen LogP contribution is 2.38. The van der Waals surface area contributed by atoms with Crippen molar-refractivity contribution in [3.05, 3.63) is 6.33 Å². The molecule has 8 heteroatoms. The Balaban J connectivity index is 1.83. The molecule has 0 spiro atoms. The normalized spacial score (nSPS) is 27.3. The highest BCUT2D eigenvalue weighted by molar-refractivity contribution is 5.85. The van der Waals surface area contributed by atoms with Crippen LogP contribution in [-0.4, -0.2) is 69.0 Å². The fraction of sp³-hybridized carbons (Fsp3) is 0.867. The molecule has 0 aromatic carbocycles. The van der Waals surface area contributed by atoms with Gasteiger partial charge in [0.25, 0.3) is 5.91 Å². The first-order valence-electron chi connectivity index (χ1n) is 8.37. The van der Waals surface area contributed by atoms with Gasteiger partial charge in [-0.25, -0.2) is 4.68 Å². The van der Waals surface area contributed by atoms with Gasteiger partial charge in [-0.1, -0.05) is 13.3 Å². The van der Waals surface area contributed by atoms with E-state index in [1.807, 2.05) is 4.90 Å². The number of nitrogens with zero attached hydrogens (tertiary/aromatic N) is 5. The number of amides is 1. The van der Waals surface area contributed by atoms with Gasteiger partial charge >= 0.3 is 0 Å². The number of ether oxygens (including phenoxy) is 1. The summed E-state index contributed by atoms with van der Waals surface area (Å²) < 4.78 is 7.04. The molecule has 2 saturated heterocycles. The first-order valence-corrected chi connectivity index (χ1v) is 8.37. The number of aliphatic hydroxyl groups is 1. The van der Waals surface area contributed by atoms with E-state index in [9.17, 15) is 9.90 Å². The maximum atomic E-state index is 13.3. The summed E-state index contributed by atoms with van der Waals surface area (Å²) in [4.78, 5) is 15.2. The Morgan fingerprint density at radius 1 is 1.35 bits per heavy atom. The first-order chi connectivity index (χ1) is 11.2. The van der Waals surface area contributed by atoms with Crippen molar-refractivity contribution in [1.82, 2.24) is 25.1 Å². The third kappa shape index (κ3) is 2.85. The van der Waals surface area contributed by atoms with Gasteiger partial charge in [0.2, 0.25) is 0 Å². The van der Waals surface area contributed by atoms with Crippen LogP contribution in [0.5, 0.6) is 0 Å². The smallest absolute Gasteiger partial charge is 0.250 e. The molecule has 1 N–H and O–H groups in total. The summed E-state index contributed by atoms with van der Waals surface area (Å²) in [6.45, 7) is 4.60. The van der Waals surface area contributed by atoms with Crippen molar-refractivity contribution in [2.24, 2.45) is 5.41 Å². The van der Waals surface area contributed by atoms with Gasteiger partial charge in [0.1, 0.15) is 11.9 Å². The van der Waals surface area contributed by atoms with Gasteiger partial charge in [-0.3, -0.25) is 4.79 Å². The number of hydrogen-bond acceptors (Lipinski definition) is 6. The summed E-state index contributed by atoms with van der Waals surface area (Å²) in [6, 6.07) is 0. The molecule has 2 aliphatic rings. The van der Waals surface area contributed by atoms with E-state index in [0.717, 1.165) is 19.3 Å². The average molecular weight is 323 g/mol. The number of rotatable bonds is 5. The summed E-state index contributed by atoms with van der Waals surface area (Å²) >= 11 is 0. The molecule has 3 heterocycles. The molecule has 2 aliphatic heterocycles. The van der Waals surface area contributed by atoms with Gasteiger partial charge in [-0.05, 0) is 23.3 Å². The molecule has 0 radical (unpaired) electrons. The fourth-order valence-corrected chi connectivity index (χ4v) is 3.95. The molecule has 128 valence electrons. The summed E-state index contributed by atoms with van der Waals surface area (Å²) in [5, 5.41) is 21.2. The molecular weight excluding hydrogens is 298 g/mol. The van der Waals surface area contributed by atoms with Crippen LogP contribution in [-0.2, 0) is 15.1 Å². The molecule has 1 unspecified atom stereocenters. The Morgan fingerprint density at radius 3 is 2.74 bits per heavy atom. The van der Waals surface area contributed by atoms with Crippen LogP contribution in [0.1, 0.15) is 39.0 Å². The van der Waals surface area contributed by atoms with E-state index in [-0.39, 0.29) is 17.9 Å². The second kappa shape index (κ2) is 6.52. The standard InChI is InChI=1S/C15H25N5O3/c1-2-3-14(11-21)4-7-19(10-14)13(22)15(5-8-23-9-6-15)20-12-16-17-18-20/h12,21H,2-11H2,1H3.